The van der Waals surface area contributed by atoms with Crippen LogP contribution >= 0.6 is 0 Å². The van der Waals surface area contributed by atoms with Gasteiger partial charge in [-0.25, -0.2) is 0 Å². The highest BCUT2D eigenvalue weighted by Gasteiger charge is 2.31. The van der Waals surface area contributed by atoms with Crippen LogP contribution in [0.4, 0.5) is 11.4 Å². The van der Waals surface area contributed by atoms with Gasteiger partial charge in [0, 0.05) is 19.1 Å². The molecule has 0 spiro atoms. The molecule has 1 fully saturated rings. The summed E-state index contributed by atoms with van der Waals surface area (Å²) in [6, 6.07) is 5.37. The molecule has 2 rings (SSSR count). The Morgan fingerprint density at radius 1 is 1.57 bits per heavy atom. The minimum absolute atomic E-state index is 0.0660. The summed E-state index contributed by atoms with van der Waals surface area (Å²) in [4.78, 5) is 13.2. The molecule has 21 heavy (non-hydrogen) atoms. The van der Waals surface area contributed by atoms with Crippen molar-refractivity contribution in [3.63, 3.8) is 0 Å². The van der Waals surface area contributed by atoms with E-state index in [0.717, 1.165) is 25.9 Å². The van der Waals surface area contributed by atoms with Gasteiger partial charge in [0.05, 0.1) is 11.5 Å². The molecule has 0 saturated carbocycles. The topological polar surface area (TPSA) is 81.6 Å². The molecule has 116 valence electrons. The molecule has 0 aromatic heterocycles. The Bertz CT molecular complexity index is 505. The van der Waals surface area contributed by atoms with Crippen LogP contribution < -0.4 is 15.4 Å². The lowest BCUT2D eigenvalue weighted by Crippen LogP contribution is -2.29. The zero-order valence-corrected chi connectivity index (χ0v) is 12.6. The van der Waals surface area contributed by atoms with E-state index in [2.05, 4.69) is 0 Å². The SMILES string of the molecule is CCCOc1cccc(N2CCC(C(C)N)C2)c1[N+](=O)[O-]. The van der Waals surface area contributed by atoms with Crippen LogP contribution in [0, 0.1) is 16.0 Å². The Morgan fingerprint density at radius 2 is 2.33 bits per heavy atom. The largest absolute Gasteiger partial charge is 0.487 e. The lowest BCUT2D eigenvalue weighted by atomic mass is 10.0. The number of nitro groups is 1. The second-order valence-corrected chi connectivity index (χ2v) is 5.58. The number of nitrogens with zero attached hydrogens (tertiary/aromatic N) is 2. The Morgan fingerprint density at radius 3 is 2.90 bits per heavy atom. The average Bonchev–Trinajstić information content (AvgIpc) is 2.94. The van der Waals surface area contributed by atoms with Gasteiger partial charge in [0.1, 0.15) is 5.69 Å². The first-order chi connectivity index (χ1) is 10.0. The molecule has 1 aliphatic heterocycles. The van der Waals surface area contributed by atoms with Crippen molar-refractivity contribution in [3.8, 4) is 5.75 Å². The monoisotopic (exact) mass is 293 g/mol. The number of nitrogens with two attached hydrogens (primary N) is 1. The molecule has 0 amide bonds. The van der Waals surface area contributed by atoms with Gasteiger partial charge in [-0.3, -0.25) is 10.1 Å². The summed E-state index contributed by atoms with van der Waals surface area (Å²) in [5.74, 6) is 0.730. The highest BCUT2D eigenvalue weighted by atomic mass is 16.6. The second-order valence-electron chi connectivity index (χ2n) is 5.58. The maximum absolute atomic E-state index is 11.5. The number of benzene rings is 1. The smallest absolute Gasteiger partial charge is 0.333 e. The fraction of sp³-hybridized carbons (Fsp3) is 0.600. The van der Waals surface area contributed by atoms with Crippen molar-refractivity contribution in [2.24, 2.45) is 11.7 Å². The molecular formula is C15H23N3O3. The van der Waals surface area contributed by atoms with E-state index in [9.17, 15) is 10.1 Å². The molecule has 0 radical (unpaired) electrons. The third kappa shape index (κ3) is 3.44. The molecule has 2 N–H and O–H groups in total. The Hall–Kier alpha value is -1.82. The van der Waals surface area contributed by atoms with Gasteiger partial charge in [0.25, 0.3) is 0 Å². The first-order valence-corrected chi connectivity index (χ1v) is 7.45. The summed E-state index contributed by atoms with van der Waals surface area (Å²) in [5, 5.41) is 11.5. The zero-order valence-electron chi connectivity index (χ0n) is 12.6. The van der Waals surface area contributed by atoms with Crippen molar-refractivity contribution in [1.82, 2.24) is 0 Å². The fourth-order valence-electron chi connectivity index (χ4n) is 2.71. The lowest BCUT2D eigenvalue weighted by Gasteiger charge is -2.20. The Labute approximate surface area is 125 Å². The molecular weight excluding hydrogens is 270 g/mol. The van der Waals surface area contributed by atoms with E-state index in [1.54, 1.807) is 12.1 Å². The van der Waals surface area contributed by atoms with Crippen LogP contribution in [0.5, 0.6) is 5.75 Å². The van der Waals surface area contributed by atoms with E-state index in [4.69, 9.17) is 10.5 Å². The molecule has 2 atom stereocenters. The van der Waals surface area contributed by atoms with Gasteiger partial charge in [-0.1, -0.05) is 13.0 Å². The van der Waals surface area contributed by atoms with Gasteiger partial charge in [-0.05, 0) is 37.8 Å². The van der Waals surface area contributed by atoms with E-state index in [-0.39, 0.29) is 16.7 Å². The Balaban J connectivity index is 2.29. The van der Waals surface area contributed by atoms with E-state index in [1.165, 1.54) is 0 Å². The summed E-state index contributed by atoms with van der Waals surface area (Å²) in [6.45, 7) is 6.00. The number of para-hydroxylation sites is 1. The van der Waals surface area contributed by atoms with Gasteiger partial charge < -0.3 is 15.4 Å². The molecule has 2 unspecified atom stereocenters. The number of rotatable bonds is 6. The van der Waals surface area contributed by atoms with E-state index < -0.39 is 0 Å². The lowest BCUT2D eigenvalue weighted by molar-refractivity contribution is -0.385. The number of nitro benzene ring substituents is 1. The van der Waals surface area contributed by atoms with Crippen molar-refractivity contribution in [1.29, 1.82) is 0 Å². The van der Waals surface area contributed by atoms with Gasteiger partial charge in [0.15, 0.2) is 5.75 Å². The van der Waals surface area contributed by atoms with Crippen molar-refractivity contribution < 1.29 is 9.66 Å². The number of anilines is 1. The van der Waals surface area contributed by atoms with Crippen molar-refractivity contribution in [2.45, 2.75) is 32.7 Å². The van der Waals surface area contributed by atoms with E-state index >= 15 is 0 Å². The van der Waals surface area contributed by atoms with Crippen LogP contribution in [0.15, 0.2) is 18.2 Å². The quantitative estimate of drug-likeness (QED) is 0.644. The van der Waals surface area contributed by atoms with Crippen molar-refractivity contribution in [2.75, 3.05) is 24.6 Å². The van der Waals surface area contributed by atoms with Gasteiger partial charge >= 0.3 is 5.69 Å². The van der Waals surface area contributed by atoms with Crippen molar-refractivity contribution in [3.05, 3.63) is 28.3 Å². The third-order valence-corrected chi connectivity index (χ3v) is 3.93. The van der Waals surface area contributed by atoms with Gasteiger partial charge in [-0.2, -0.15) is 0 Å². The number of ether oxygens (including phenoxy) is 1. The summed E-state index contributed by atoms with van der Waals surface area (Å²) >= 11 is 0. The van der Waals surface area contributed by atoms with Gasteiger partial charge in [-0.15, -0.1) is 0 Å². The minimum atomic E-state index is -0.348. The molecule has 1 saturated heterocycles. The highest BCUT2D eigenvalue weighted by Crippen LogP contribution is 2.39. The average molecular weight is 293 g/mol. The predicted molar refractivity (Wildman–Crippen MR) is 82.9 cm³/mol. The summed E-state index contributed by atoms with van der Waals surface area (Å²) in [6.07, 6.45) is 1.78. The summed E-state index contributed by atoms with van der Waals surface area (Å²) < 4.78 is 5.53. The van der Waals surface area contributed by atoms with Crippen LogP contribution in [0.2, 0.25) is 0 Å². The van der Waals surface area contributed by atoms with E-state index in [0.29, 0.717) is 24.0 Å². The highest BCUT2D eigenvalue weighted by molar-refractivity contribution is 5.70. The summed E-state index contributed by atoms with van der Waals surface area (Å²) in [7, 11) is 0. The standard InChI is InChI=1S/C15H23N3O3/c1-3-9-21-14-6-4-5-13(15(14)18(19)20)17-8-7-12(10-17)11(2)16/h4-6,11-12H,3,7-10,16H2,1-2H3. The number of hydrogen-bond acceptors (Lipinski definition) is 5. The van der Waals surface area contributed by atoms with Crippen LogP contribution in [0.1, 0.15) is 26.7 Å². The van der Waals surface area contributed by atoms with Crippen LogP contribution in [-0.2, 0) is 0 Å². The molecule has 6 heteroatoms. The zero-order chi connectivity index (χ0) is 15.4. The molecule has 0 aliphatic carbocycles. The van der Waals surface area contributed by atoms with Crippen LogP contribution in [0.25, 0.3) is 0 Å². The van der Waals surface area contributed by atoms with Crippen LogP contribution in [-0.4, -0.2) is 30.7 Å². The first kappa shape index (κ1) is 15.6. The molecule has 0 bridgehead atoms. The van der Waals surface area contributed by atoms with Crippen LogP contribution in [0.3, 0.4) is 0 Å². The molecule has 6 nitrogen and oxygen atoms in total. The molecule has 1 aromatic rings. The molecule has 1 heterocycles. The third-order valence-electron chi connectivity index (χ3n) is 3.93. The van der Waals surface area contributed by atoms with Gasteiger partial charge in [0.2, 0.25) is 0 Å². The normalized spacial score (nSPS) is 19.6. The number of hydrogen-bond donors (Lipinski definition) is 1. The fourth-order valence-corrected chi connectivity index (χ4v) is 2.71. The second kappa shape index (κ2) is 6.76. The predicted octanol–water partition coefficient (Wildman–Crippen LogP) is 2.56. The van der Waals surface area contributed by atoms with Crippen molar-refractivity contribution >= 4 is 11.4 Å². The maximum Gasteiger partial charge on any atom is 0.333 e. The maximum atomic E-state index is 11.5. The Kier molecular flexibility index (Phi) is 5.01. The molecule has 1 aliphatic rings. The first-order valence-electron chi connectivity index (χ1n) is 7.45. The van der Waals surface area contributed by atoms with E-state index in [1.807, 2.05) is 24.8 Å². The summed E-state index contributed by atoms with van der Waals surface area (Å²) in [5.41, 5.74) is 6.65. The molecule has 1 aromatic carbocycles. The minimum Gasteiger partial charge on any atom is -0.487 e.